The zero-order valence-electron chi connectivity index (χ0n) is 9.06. The largest absolute Gasteiger partial charge is 0.494 e. The van der Waals surface area contributed by atoms with Gasteiger partial charge in [-0.05, 0) is 31.0 Å². The van der Waals surface area contributed by atoms with Crippen molar-refractivity contribution in [2.24, 2.45) is 5.92 Å². The molecule has 0 heterocycles. The summed E-state index contributed by atoms with van der Waals surface area (Å²) < 4.78 is 5.34. The summed E-state index contributed by atoms with van der Waals surface area (Å²) in [5.41, 5.74) is 0.996. The van der Waals surface area contributed by atoms with Crippen LogP contribution in [0.4, 0.5) is 0 Å². The lowest BCUT2D eigenvalue weighted by Gasteiger charge is -2.08. The molecule has 0 radical (unpaired) electrons. The van der Waals surface area contributed by atoms with Gasteiger partial charge in [-0.1, -0.05) is 19.1 Å². The van der Waals surface area contributed by atoms with Gasteiger partial charge in [-0.3, -0.25) is 4.79 Å². The van der Waals surface area contributed by atoms with Gasteiger partial charge in [-0.15, -0.1) is 0 Å². The molecule has 0 aliphatic rings. The highest BCUT2D eigenvalue weighted by atomic mass is 16.5. The molecule has 0 amide bonds. The van der Waals surface area contributed by atoms with Crippen LogP contribution in [0.5, 0.6) is 5.75 Å². The SMILES string of the molecule is CCOc1cccc(C[C@H](C)C(=O)O)c1. The third kappa shape index (κ3) is 3.62. The minimum atomic E-state index is -0.767. The highest BCUT2D eigenvalue weighted by Gasteiger charge is 2.11. The maximum atomic E-state index is 10.7. The summed E-state index contributed by atoms with van der Waals surface area (Å²) in [6, 6.07) is 7.57. The predicted octanol–water partition coefficient (Wildman–Crippen LogP) is 2.35. The molecular weight excluding hydrogens is 192 g/mol. The first-order valence-corrected chi connectivity index (χ1v) is 5.08. The van der Waals surface area contributed by atoms with Crippen LogP contribution in [0.1, 0.15) is 19.4 Å². The molecule has 0 saturated heterocycles. The summed E-state index contributed by atoms with van der Waals surface area (Å²) in [6.45, 7) is 4.25. The van der Waals surface area contributed by atoms with Gasteiger partial charge in [-0.25, -0.2) is 0 Å². The Balaban J connectivity index is 2.68. The summed E-state index contributed by atoms with van der Waals surface area (Å²) >= 11 is 0. The molecule has 1 atom stereocenters. The van der Waals surface area contributed by atoms with Gasteiger partial charge in [0.1, 0.15) is 5.75 Å². The normalized spacial score (nSPS) is 12.1. The Morgan fingerprint density at radius 1 is 1.53 bits per heavy atom. The topological polar surface area (TPSA) is 46.5 Å². The number of carboxylic acids is 1. The molecule has 1 aromatic rings. The Kier molecular flexibility index (Phi) is 4.16. The van der Waals surface area contributed by atoms with Gasteiger partial charge >= 0.3 is 5.97 Å². The van der Waals surface area contributed by atoms with Crippen molar-refractivity contribution in [3.8, 4) is 5.75 Å². The first-order chi connectivity index (χ1) is 7.13. The molecule has 15 heavy (non-hydrogen) atoms. The average molecular weight is 208 g/mol. The Hall–Kier alpha value is -1.51. The molecule has 0 bridgehead atoms. The van der Waals surface area contributed by atoms with E-state index in [4.69, 9.17) is 9.84 Å². The molecule has 0 fully saturated rings. The molecule has 1 aromatic carbocycles. The zero-order chi connectivity index (χ0) is 11.3. The molecule has 0 saturated carbocycles. The van der Waals surface area contributed by atoms with E-state index in [0.29, 0.717) is 13.0 Å². The smallest absolute Gasteiger partial charge is 0.306 e. The number of aliphatic carboxylic acids is 1. The molecule has 3 nitrogen and oxygen atoms in total. The van der Waals surface area contributed by atoms with Crippen molar-refractivity contribution in [1.29, 1.82) is 0 Å². The predicted molar refractivity (Wildman–Crippen MR) is 58.1 cm³/mol. The van der Waals surface area contributed by atoms with E-state index in [-0.39, 0.29) is 5.92 Å². The van der Waals surface area contributed by atoms with Crippen LogP contribution in [0.25, 0.3) is 0 Å². The van der Waals surface area contributed by atoms with Crippen LogP contribution >= 0.6 is 0 Å². The molecule has 3 heteroatoms. The molecule has 0 spiro atoms. The van der Waals surface area contributed by atoms with Gasteiger partial charge < -0.3 is 9.84 Å². The van der Waals surface area contributed by atoms with Crippen LogP contribution in [0.2, 0.25) is 0 Å². The Morgan fingerprint density at radius 2 is 2.27 bits per heavy atom. The van der Waals surface area contributed by atoms with Crippen LogP contribution in [-0.2, 0) is 11.2 Å². The van der Waals surface area contributed by atoms with Gasteiger partial charge in [0, 0.05) is 0 Å². The average Bonchev–Trinajstić information content (AvgIpc) is 2.18. The van der Waals surface area contributed by atoms with E-state index in [1.54, 1.807) is 6.92 Å². The van der Waals surface area contributed by atoms with Crippen LogP contribution in [0, 0.1) is 5.92 Å². The summed E-state index contributed by atoms with van der Waals surface area (Å²) in [6.07, 6.45) is 0.538. The number of hydrogen-bond acceptors (Lipinski definition) is 2. The van der Waals surface area contributed by atoms with E-state index in [2.05, 4.69) is 0 Å². The first-order valence-electron chi connectivity index (χ1n) is 5.08. The summed E-state index contributed by atoms with van der Waals surface area (Å²) in [5, 5.41) is 8.78. The molecule has 0 aromatic heterocycles. The Labute approximate surface area is 89.7 Å². The van der Waals surface area contributed by atoms with Crippen molar-refractivity contribution in [2.45, 2.75) is 20.3 Å². The fraction of sp³-hybridized carbons (Fsp3) is 0.417. The quantitative estimate of drug-likeness (QED) is 0.807. The molecule has 1 N–H and O–H groups in total. The minimum absolute atomic E-state index is 0.359. The van der Waals surface area contributed by atoms with E-state index in [1.165, 1.54) is 0 Å². The van der Waals surface area contributed by atoms with Crippen molar-refractivity contribution in [2.75, 3.05) is 6.61 Å². The highest BCUT2D eigenvalue weighted by Crippen LogP contribution is 2.16. The number of carbonyl (C=O) groups is 1. The fourth-order valence-electron chi connectivity index (χ4n) is 1.37. The Bertz CT molecular complexity index is 333. The van der Waals surface area contributed by atoms with E-state index in [1.807, 2.05) is 31.2 Å². The molecule has 0 aliphatic carbocycles. The number of ether oxygens (including phenoxy) is 1. The summed E-state index contributed by atoms with van der Waals surface area (Å²) in [7, 11) is 0. The van der Waals surface area contributed by atoms with Crippen molar-refractivity contribution in [3.05, 3.63) is 29.8 Å². The van der Waals surface area contributed by atoms with E-state index >= 15 is 0 Å². The van der Waals surface area contributed by atoms with E-state index in [9.17, 15) is 4.79 Å². The van der Waals surface area contributed by atoms with Gasteiger partial charge in [0.25, 0.3) is 0 Å². The lowest BCUT2D eigenvalue weighted by Crippen LogP contribution is -2.12. The monoisotopic (exact) mass is 208 g/mol. The molecular formula is C12H16O3. The van der Waals surface area contributed by atoms with Crippen molar-refractivity contribution in [3.63, 3.8) is 0 Å². The Morgan fingerprint density at radius 3 is 2.87 bits per heavy atom. The van der Waals surface area contributed by atoms with Crippen LogP contribution in [0.3, 0.4) is 0 Å². The van der Waals surface area contributed by atoms with Crippen molar-refractivity contribution >= 4 is 5.97 Å². The number of rotatable bonds is 5. The number of carboxylic acid groups (broad SMARTS) is 1. The van der Waals surface area contributed by atoms with Gasteiger partial charge in [0.05, 0.1) is 12.5 Å². The van der Waals surface area contributed by atoms with Crippen molar-refractivity contribution in [1.82, 2.24) is 0 Å². The third-order valence-electron chi connectivity index (χ3n) is 2.17. The second-order valence-corrected chi connectivity index (χ2v) is 3.52. The maximum absolute atomic E-state index is 10.7. The number of hydrogen-bond donors (Lipinski definition) is 1. The van der Waals surface area contributed by atoms with Crippen LogP contribution < -0.4 is 4.74 Å². The fourth-order valence-corrected chi connectivity index (χ4v) is 1.37. The molecule has 82 valence electrons. The highest BCUT2D eigenvalue weighted by molar-refractivity contribution is 5.69. The molecule has 0 unspecified atom stereocenters. The zero-order valence-corrected chi connectivity index (χ0v) is 9.06. The summed E-state index contributed by atoms with van der Waals surface area (Å²) in [5.74, 6) is -0.328. The van der Waals surface area contributed by atoms with Crippen LogP contribution in [-0.4, -0.2) is 17.7 Å². The van der Waals surface area contributed by atoms with E-state index in [0.717, 1.165) is 11.3 Å². The van der Waals surface area contributed by atoms with Gasteiger partial charge in [0.15, 0.2) is 0 Å². The lowest BCUT2D eigenvalue weighted by molar-refractivity contribution is -0.141. The maximum Gasteiger partial charge on any atom is 0.306 e. The molecule has 1 rings (SSSR count). The second kappa shape index (κ2) is 5.39. The third-order valence-corrected chi connectivity index (χ3v) is 2.17. The van der Waals surface area contributed by atoms with Crippen LogP contribution in [0.15, 0.2) is 24.3 Å². The summed E-state index contributed by atoms with van der Waals surface area (Å²) in [4.78, 5) is 10.7. The minimum Gasteiger partial charge on any atom is -0.494 e. The van der Waals surface area contributed by atoms with Gasteiger partial charge in [0.2, 0.25) is 0 Å². The number of benzene rings is 1. The lowest BCUT2D eigenvalue weighted by atomic mass is 10.0. The molecule has 0 aliphatic heterocycles. The van der Waals surface area contributed by atoms with Gasteiger partial charge in [-0.2, -0.15) is 0 Å². The standard InChI is InChI=1S/C12H16O3/c1-3-15-11-6-4-5-10(8-11)7-9(2)12(13)14/h4-6,8-9H,3,7H2,1-2H3,(H,13,14)/t9-/m0/s1. The van der Waals surface area contributed by atoms with Crippen molar-refractivity contribution < 1.29 is 14.6 Å². The van der Waals surface area contributed by atoms with E-state index < -0.39 is 5.97 Å². The first kappa shape index (κ1) is 11.6. The second-order valence-electron chi connectivity index (χ2n) is 3.52.